The van der Waals surface area contributed by atoms with Crippen molar-refractivity contribution in [3.63, 3.8) is 0 Å². The molecule has 5 aromatic rings. The maximum absolute atomic E-state index is 5.13. The van der Waals surface area contributed by atoms with Crippen LogP contribution >= 0.6 is 0 Å². The van der Waals surface area contributed by atoms with Crippen molar-refractivity contribution in [1.82, 2.24) is 4.98 Å². The summed E-state index contributed by atoms with van der Waals surface area (Å²) in [5.41, 5.74) is 12.6. The van der Waals surface area contributed by atoms with E-state index in [9.17, 15) is 0 Å². The number of pyridine rings is 1. The van der Waals surface area contributed by atoms with Crippen molar-refractivity contribution in [2.75, 3.05) is 49.5 Å². The summed E-state index contributed by atoms with van der Waals surface area (Å²) in [4.78, 5) is 5.13. The Morgan fingerprint density at radius 3 is 1.47 bits per heavy atom. The van der Waals surface area contributed by atoms with E-state index >= 15 is 0 Å². The molecular formula is C33H33N5. The molecule has 5 nitrogen and oxygen atoms in total. The lowest BCUT2D eigenvalue weighted by Crippen LogP contribution is -2.06. The molecule has 1 heterocycles. The molecule has 0 aliphatic heterocycles. The maximum Gasteiger partial charge on any atom is 0.0715 e. The molecule has 0 saturated carbocycles. The highest BCUT2D eigenvalue weighted by molar-refractivity contribution is 6.01. The maximum atomic E-state index is 5.13. The fraction of sp³-hybridized carbons (Fsp3) is 0.121. The molecule has 5 rings (SSSR count). The van der Waals surface area contributed by atoms with Gasteiger partial charge in [0, 0.05) is 44.9 Å². The summed E-state index contributed by atoms with van der Waals surface area (Å²) in [7, 11) is 7.80. The molecule has 0 atom stereocenters. The molecule has 38 heavy (non-hydrogen) atoms. The predicted molar refractivity (Wildman–Crippen MR) is 164 cm³/mol. The lowest BCUT2D eigenvalue weighted by Gasteiger charge is -2.22. The van der Waals surface area contributed by atoms with Crippen LogP contribution in [0.3, 0.4) is 0 Å². The van der Waals surface area contributed by atoms with E-state index in [2.05, 4.69) is 112 Å². The van der Waals surface area contributed by atoms with E-state index in [-0.39, 0.29) is 0 Å². The lowest BCUT2D eigenvalue weighted by molar-refractivity contribution is 1.32. The van der Waals surface area contributed by atoms with E-state index in [0.717, 1.165) is 62.0 Å². The van der Waals surface area contributed by atoms with Crippen LogP contribution in [0.1, 0.15) is 0 Å². The summed E-state index contributed by atoms with van der Waals surface area (Å²) in [5, 5.41) is 13.5. The first-order valence-electron chi connectivity index (χ1n) is 12.8. The molecular weight excluding hydrogens is 466 g/mol. The molecule has 0 unspecified atom stereocenters. The van der Waals surface area contributed by atoms with Gasteiger partial charge >= 0.3 is 0 Å². The molecule has 4 N–H and O–H groups in total. The molecule has 0 amide bonds. The summed E-state index contributed by atoms with van der Waals surface area (Å²) in [6.45, 7) is 0. The van der Waals surface area contributed by atoms with Crippen LogP contribution in [0, 0.1) is 0 Å². The number of benzene rings is 4. The molecule has 0 spiro atoms. The fourth-order valence-electron chi connectivity index (χ4n) is 4.95. The third-order valence-electron chi connectivity index (χ3n) is 6.82. The number of rotatable bonds is 8. The van der Waals surface area contributed by atoms with E-state index in [0.29, 0.717) is 0 Å². The van der Waals surface area contributed by atoms with Gasteiger partial charge in [-0.05, 0) is 41.0 Å². The minimum Gasteiger partial charge on any atom is -0.386 e. The van der Waals surface area contributed by atoms with Gasteiger partial charge in [0.1, 0.15) is 0 Å². The molecule has 5 heteroatoms. The van der Waals surface area contributed by atoms with E-state index in [1.165, 1.54) is 5.56 Å². The van der Waals surface area contributed by atoms with Crippen LogP contribution in [-0.4, -0.2) is 33.2 Å². The van der Waals surface area contributed by atoms with Gasteiger partial charge in [0.25, 0.3) is 0 Å². The molecule has 1 aromatic heterocycles. The van der Waals surface area contributed by atoms with Gasteiger partial charge in [-0.1, -0.05) is 78.9 Å². The summed E-state index contributed by atoms with van der Waals surface area (Å²) in [6, 6.07) is 35.9. The summed E-state index contributed by atoms with van der Waals surface area (Å²) in [6.07, 6.45) is 0. The van der Waals surface area contributed by atoms with Crippen molar-refractivity contribution in [2.45, 2.75) is 0 Å². The van der Waals surface area contributed by atoms with Crippen LogP contribution in [0.4, 0.5) is 22.7 Å². The standard InChI is InChI=1S/C33H33N5/c1-34-29-21-30(35-2)33(37-4)31(32(29)36-3)25-17-11-16-24(18-25)28-20-26(22-12-7-5-8-13-22)19-27(38-28)23-14-9-6-10-15-23/h5-21,34-37H,1-4H3. The molecule has 0 bridgehead atoms. The van der Waals surface area contributed by atoms with Crippen molar-refractivity contribution < 1.29 is 0 Å². The first kappa shape index (κ1) is 24.9. The van der Waals surface area contributed by atoms with Gasteiger partial charge < -0.3 is 21.3 Å². The smallest absolute Gasteiger partial charge is 0.0715 e. The van der Waals surface area contributed by atoms with E-state index in [1.807, 2.05) is 40.3 Å². The van der Waals surface area contributed by atoms with Crippen LogP contribution in [0.2, 0.25) is 0 Å². The Kier molecular flexibility index (Phi) is 7.27. The van der Waals surface area contributed by atoms with Crippen LogP contribution in [0.15, 0.2) is 103 Å². The van der Waals surface area contributed by atoms with Crippen molar-refractivity contribution in [1.29, 1.82) is 0 Å². The average molecular weight is 500 g/mol. The van der Waals surface area contributed by atoms with E-state index in [4.69, 9.17) is 4.98 Å². The molecule has 190 valence electrons. The van der Waals surface area contributed by atoms with Crippen molar-refractivity contribution in [2.24, 2.45) is 0 Å². The van der Waals surface area contributed by atoms with Crippen molar-refractivity contribution in [3.05, 3.63) is 103 Å². The molecule has 0 aliphatic rings. The quantitative estimate of drug-likeness (QED) is 0.175. The highest BCUT2D eigenvalue weighted by atomic mass is 15.0. The van der Waals surface area contributed by atoms with E-state index < -0.39 is 0 Å². The van der Waals surface area contributed by atoms with Gasteiger partial charge in [0.05, 0.1) is 34.1 Å². The van der Waals surface area contributed by atoms with Gasteiger partial charge in [-0.2, -0.15) is 0 Å². The zero-order chi connectivity index (χ0) is 26.5. The Bertz CT molecular complexity index is 1460. The highest BCUT2D eigenvalue weighted by Crippen LogP contribution is 2.45. The average Bonchev–Trinajstić information content (AvgIpc) is 3.00. The number of hydrogen-bond acceptors (Lipinski definition) is 5. The highest BCUT2D eigenvalue weighted by Gasteiger charge is 2.18. The fourth-order valence-corrected chi connectivity index (χ4v) is 4.95. The third kappa shape index (κ3) is 4.78. The second-order valence-corrected chi connectivity index (χ2v) is 9.04. The van der Waals surface area contributed by atoms with Gasteiger partial charge in [0.15, 0.2) is 0 Å². The summed E-state index contributed by atoms with van der Waals surface area (Å²) in [5.74, 6) is 0. The Labute approximate surface area is 225 Å². The van der Waals surface area contributed by atoms with Crippen LogP contribution in [-0.2, 0) is 0 Å². The van der Waals surface area contributed by atoms with Gasteiger partial charge in [-0.15, -0.1) is 0 Å². The second-order valence-electron chi connectivity index (χ2n) is 9.04. The minimum absolute atomic E-state index is 0.933. The molecule has 0 aliphatic carbocycles. The Hall–Kier alpha value is -4.77. The molecule has 0 radical (unpaired) electrons. The third-order valence-corrected chi connectivity index (χ3v) is 6.82. The normalized spacial score (nSPS) is 10.6. The minimum atomic E-state index is 0.933. The van der Waals surface area contributed by atoms with Crippen molar-refractivity contribution >= 4 is 22.7 Å². The van der Waals surface area contributed by atoms with Gasteiger partial charge in [0.2, 0.25) is 0 Å². The Morgan fingerprint density at radius 1 is 0.421 bits per heavy atom. The number of aromatic nitrogens is 1. The van der Waals surface area contributed by atoms with Crippen molar-refractivity contribution in [3.8, 4) is 44.8 Å². The van der Waals surface area contributed by atoms with Gasteiger partial charge in [-0.3, -0.25) is 0 Å². The first-order chi connectivity index (χ1) is 18.7. The SMILES string of the molecule is CNc1cc(NC)c(NC)c(-c2cccc(-c3cc(-c4ccccc4)cc(-c4ccccc4)n3)c2)c1NC. The number of anilines is 4. The topological polar surface area (TPSA) is 61.0 Å². The summed E-state index contributed by atoms with van der Waals surface area (Å²) >= 11 is 0. The van der Waals surface area contributed by atoms with Crippen LogP contribution in [0.5, 0.6) is 0 Å². The molecule has 0 fully saturated rings. The van der Waals surface area contributed by atoms with E-state index in [1.54, 1.807) is 0 Å². The zero-order valence-electron chi connectivity index (χ0n) is 22.3. The Morgan fingerprint density at radius 2 is 0.921 bits per heavy atom. The zero-order valence-corrected chi connectivity index (χ0v) is 22.3. The monoisotopic (exact) mass is 499 g/mol. The predicted octanol–water partition coefficient (Wildman–Crippen LogP) is 7.92. The van der Waals surface area contributed by atoms with Crippen LogP contribution in [0.25, 0.3) is 44.8 Å². The second kappa shape index (κ2) is 11.1. The number of nitrogens with zero attached hydrogens (tertiary/aromatic N) is 1. The lowest BCUT2D eigenvalue weighted by atomic mass is 9.95. The summed E-state index contributed by atoms with van der Waals surface area (Å²) < 4.78 is 0. The molecule has 4 aromatic carbocycles. The molecule has 0 saturated heterocycles. The largest absolute Gasteiger partial charge is 0.386 e. The van der Waals surface area contributed by atoms with Crippen LogP contribution < -0.4 is 21.3 Å². The number of hydrogen-bond donors (Lipinski definition) is 4. The Balaban J connectivity index is 1.72. The van der Waals surface area contributed by atoms with Gasteiger partial charge in [-0.25, -0.2) is 4.98 Å². The number of nitrogens with one attached hydrogen (secondary N) is 4. The first-order valence-corrected chi connectivity index (χ1v) is 12.8.